The molecule has 0 atom stereocenters. The molecule has 0 N–H and O–H groups in total. The van der Waals surface area contributed by atoms with Crippen LogP contribution in [0.2, 0.25) is 0 Å². The van der Waals surface area contributed by atoms with Crippen molar-refractivity contribution in [2.75, 3.05) is 29.9 Å². The van der Waals surface area contributed by atoms with E-state index in [1.807, 2.05) is 23.1 Å². The summed E-state index contributed by atoms with van der Waals surface area (Å²) in [6.45, 7) is 5.88. The van der Waals surface area contributed by atoms with E-state index in [1.165, 1.54) is 0 Å². The summed E-state index contributed by atoms with van der Waals surface area (Å²) in [5.74, 6) is 0.432. The zero-order valence-corrected chi connectivity index (χ0v) is 11.5. The van der Waals surface area contributed by atoms with E-state index < -0.39 is 0 Å². The van der Waals surface area contributed by atoms with E-state index in [-0.39, 0.29) is 11.8 Å². The molecule has 1 heterocycles. The second kappa shape index (κ2) is 5.42. The van der Waals surface area contributed by atoms with Gasteiger partial charge in [-0.05, 0) is 25.0 Å². The molecule has 2 rings (SSSR count). The number of fused-ring (bicyclic) bond motifs is 1. The van der Waals surface area contributed by atoms with Gasteiger partial charge in [0.1, 0.15) is 0 Å². The summed E-state index contributed by atoms with van der Waals surface area (Å²) < 4.78 is 0. The molecule has 1 amide bonds. The van der Waals surface area contributed by atoms with Crippen LogP contribution in [0, 0.1) is 5.92 Å². The average molecular weight is 246 g/mol. The lowest BCUT2D eigenvalue weighted by Crippen LogP contribution is -2.45. The summed E-state index contributed by atoms with van der Waals surface area (Å²) in [6.07, 6.45) is 1.84. The minimum atomic E-state index is 0.154. The number of anilines is 2. The van der Waals surface area contributed by atoms with Gasteiger partial charge in [0.25, 0.3) is 0 Å². The van der Waals surface area contributed by atoms with Crippen LogP contribution < -0.4 is 9.80 Å². The summed E-state index contributed by atoms with van der Waals surface area (Å²) >= 11 is 0. The van der Waals surface area contributed by atoms with Gasteiger partial charge in [-0.2, -0.15) is 0 Å². The minimum absolute atomic E-state index is 0.154. The van der Waals surface area contributed by atoms with Gasteiger partial charge in [-0.25, -0.2) is 0 Å². The highest BCUT2D eigenvalue weighted by atomic mass is 16.2. The Kier molecular flexibility index (Phi) is 3.90. The smallest absolute Gasteiger partial charge is 0.230 e. The summed E-state index contributed by atoms with van der Waals surface area (Å²) in [6, 6.07) is 8.17. The molecular weight excluding hydrogens is 224 g/mol. The summed E-state index contributed by atoms with van der Waals surface area (Å²) in [4.78, 5) is 16.7. The third-order valence-corrected chi connectivity index (χ3v) is 3.84. The maximum Gasteiger partial charge on any atom is 0.230 e. The van der Waals surface area contributed by atoms with Gasteiger partial charge in [0.05, 0.1) is 11.4 Å². The molecule has 0 fully saturated rings. The number of para-hydroxylation sites is 2. The highest BCUT2D eigenvalue weighted by Gasteiger charge is 2.28. The fraction of sp³-hybridized carbons (Fsp3) is 0.533. The van der Waals surface area contributed by atoms with Gasteiger partial charge >= 0.3 is 0 Å². The molecule has 1 aromatic carbocycles. The van der Waals surface area contributed by atoms with Crippen molar-refractivity contribution >= 4 is 17.3 Å². The molecule has 0 saturated carbocycles. The van der Waals surface area contributed by atoms with E-state index >= 15 is 0 Å². The minimum Gasteiger partial charge on any atom is -0.371 e. The van der Waals surface area contributed by atoms with Crippen molar-refractivity contribution in [2.45, 2.75) is 26.7 Å². The van der Waals surface area contributed by atoms with Crippen LogP contribution in [-0.4, -0.2) is 26.0 Å². The van der Waals surface area contributed by atoms with Crippen molar-refractivity contribution in [3.8, 4) is 0 Å². The predicted octanol–water partition coefficient (Wildman–Crippen LogP) is 2.91. The molecule has 18 heavy (non-hydrogen) atoms. The Morgan fingerprint density at radius 1 is 1.17 bits per heavy atom. The summed E-state index contributed by atoms with van der Waals surface area (Å²) in [5.41, 5.74) is 2.21. The third-order valence-electron chi connectivity index (χ3n) is 3.84. The number of carbonyl (C=O) groups is 1. The van der Waals surface area contributed by atoms with Crippen molar-refractivity contribution in [3.63, 3.8) is 0 Å². The van der Waals surface area contributed by atoms with Gasteiger partial charge < -0.3 is 9.80 Å². The van der Waals surface area contributed by atoms with Crippen molar-refractivity contribution in [2.24, 2.45) is 5.92 Å². The van der Waals surface area contributed by atoms with Gasteiger partial charge in [-0.1, -0.05) is 26.0 Å². The van der Waals surface area contributed by atoms with Gasteiger partial charge in [0, 0.05) is 26.1 Å². The predicted molar refractivity (Wildman–Crippen MR) is 76.1 cm³/mol. The van der Waals surface area contributed by atoms with Crippen LogP contribution in [0.25, 0.3) is 0 Å². The molecule has 3 nitrogen and oxygen atoms in total. The molecule has 1 aromatic rings. The Morgan fingerprint density at radius 2 is 1.78 bits per heavy atom. The SMILES string of the molecule is CCC(CC)C(=O)N1CCN(C)c2ccccc21. The molecule has 0 radical (unpaired) electrons. The lowest BCUT2D eigenvalue weighted by molar-refractivity contribution is -0.122. The Morgan fingerprint density at radius 3 is 2.39 bits per heavy atom. The second-order valence-electron chi connectivity index (χ2n) is 4.91. The molecule has 0 bridgehead atoms. The lowest BCUT2D eigenvalue weighted by Gasteiger charge is -2.37. The number of hydrogen-bond donors (Lipinski definition) is 0. The van der Waals surface area contributed by atoms with Crippen LogP contribution in [0.1, 0.15) is 26.7 Å². The molecule has 3 heteroatoms. The van der Waals surface area contributed by atoms with Crippen LogP contribution in [-0.2, 0) is 4.79 Å². The maximum absolute atomic E-state index is 12.5. The second-order valence-corrected chi connectivity index (χ2v) is 4.91. The molecule has 1 aliphatic heterocycles. The molecule has 0 aliphatic carbocycles. The zero-order valence-electron chi connectivity index (χ0n) is 11.5. The average Bonchev–Trinajstić information content (AvgIpc) is 2.41. The number of nitrogens with zero attached hydrogens (tertiary/aromatic N) is 2. The fourth-order valence-electron chi connectivity index (χ4n) is 2.59. The quantitative estimate of drug-likeness (QED) is 0.818. The van der Waals surface area contributed by atoms with Crippen molar-refractivity contribution in [1.82, 2.24) is 0 Å². The molecule has 0 unspecified atom stereocenters. The lowest BCUT2D eigenvalue weighted by atomic mass is 10.0. The van der Waals surface area contributed by atoms with Gasteiger partial charge in [-0.3, -0.25) is 4.79 Å². The monoisotopic (exact) mass is 246 g/mol. The Bertz CT molecular complexity index is 426. The van der Waals surface area contributed by atoms with Crippen LogP contribution in [0.4, 0.5) is 11.4 Å². The largest absolute Gasteiger partial charge is 0.371 e. The Hall–Kier alpha value is -1.51. The first-order valence-electron chi connectivity index (χ1n) is 6.80. The number of amides is 1. The van der Waals surface area contributed by atoms with Gasteiger partial charge in [0.2, 0.25) is 5.91 Å². The molecular formula is C15H22N2O. The first-order valence-corrected chi connectivity index (χ1v) is 6.80. The highest BCUT2D eigenvalue weighted by Crippen LogP contribution is 2.33. The highest BCUT2D eigenvalue weighted by molar-refractivity contribution is 5.99. The van der Waals surface area contributed by atoms with E-state index in [2.05, 4.69) is 31.9 Å². The summed E-state index contributed by atoms with van der Waals surface area (Å²) in [5, 5.41) is 0. The third kappa shape index (κ3) is 2.22. The first kappa shape index (κ1) is 12.9. The number of benzene rings is 1. The molecule has 0 saturated heterocycles. The van der Waals surface area contributed by atoms with E-state index in [0.29, 0.717) is 0 Å². The van der Waals surface area contributed by atoms with E-state index in [9.17, 15) is 4.79 Å². The Balaban J connectivity index is 2.31. The van der Waals surface area contributed by atoms with Crippen LogP contribution in [0.5, 0.6) is 0 Å². The molecule has 1 aliphatic rings. The van der Waals surface area contributed by atoms with E-state index in [4.69, 9.17) is 0 Å². The van der Waals surface area contributed by atoms with E-state index in [0.717, 1.165) is 37.3 Å². The van der Waals surface area contributed by atoms with Gasteiger partial charge in [-0.15, -0.1) is 0 Å². The van der Waals surface area contributed by atoms with Crippen LogP contribution >= 0.6 is 0 Å². The number of rotatable bonds is 3. The maximum atomic E-state index is 12.5. The van der Waals surface area contributed by atoms with E-state index in [1.54, 1.807) is 0 Å². The van der Waals surface area contributed by atoms with Crippen LogP contribution in [0.15, 0.2) is 24.3 Å². The molecule has 98 valence electrons. The zero-order chi connectivity index (χ0) is 13.1. The van der Waals surface area contributed by atoms with Crippen LogP contribution in [0.3, 0.4) is 0 Å². The fourth-order valence-corrected chi connectivity index (χ4v) is 2.59. The molecule has 0 aromatic heterocycles. The number of likely N-dealkylation sites (N-methyl/N-ethyl adjacent to an activating group) is 1. The normalized spacial score (nSPS) is 14.9. The molecule has 0 spiro atoms. The number of carbonyl (C=O) groups excluding carboxylic acids is 1. The van der Waals surface area contributed by atoms with Gasteiger partial charge in [0.15, 0.2) is 0 Å². The first-order chi connectivity index (χ1) is 8.69. The topological polar surface area (TPSA) is 23.6 Å². The summed E-state index contributed by atoms with van der Waals surface area (Å²) in [7, 11) is 2.08. The van der Waals surface area contributed by atoms with Crippen molar-refractivity contribution in [3.05, 3.63) is 24.3 Å². The standard InChI is InChI=1S/C15H22N2O/c1-4-12(5-2)15(18)17-11-10-16(3)13-8-6-7-9-14(13)17/h6-9,12H,4-5,10-11H2,1-3H3. The Labute approximate surface area is 109 Å². The number of hydrogen-bond acceptors (Lipinski definition) is 2. The van der Waals surface area contributed by atoms with Crippen molar-refractivity contribution < 1.29 is 4.79 Å². The van der Waals surface area contributed by atoms with Crippen molar-refractivity contribution in [1.29, 1.82) is 0 Å².